The van der Waals surface area contributed by atoms with E-state index in [0.717, 1.165) is 11.3 Å². The van der Waals surface area contributed by atoms with Gasteiger partial charge < -0.3 is 4.90 Å². The first kappa shape index (κ1) is 17.7. The number of carbonyl (C=O) groups excluding carboxylic acids is 2. The Labute approximate surface area is 143 Å². The molecule has 0 aromatic heterocycles. The summed E-state index contributed by atoms with van der Waals surface area (Å²) in [7, 11) is 0. The van der Waals surface area contributed by atoms with Gasteiger partial charge in [0.1, 0.15) is 6.54 Å². The Balaban J connectivity index is 2.37. The van der Waals surface area contributed by atoms with Crippen LogP contribution in [-0.2, 0) is 4.79 Å². The lowest BCUT2D eigenvalue weighted by atomic mass is 10.1. The van der Waals surface area contributed by atoms with Crippen molar-refractivity contribution in [3.63, 3.8) is 0 Å². The number of hydrogen-bond donors (Lipinski definition) is 0. The number of hydrogen-bond acceptors (Lipinski definition) is 2. The van der Waals surface area contributed by atoms with Crippen LogP contribution >= 0.6 is 0 Å². The van der Waals surface area contributed by atoms with Gasteiger partial charge >= 0.3 is 0 Å². The molecule has 0 unspecified atom stereocenters. The van der Waals surface area contributed by atoms with Crippen molar-refractivity contribution in [3.8, 4) is 0 Å². The van der Waals surface area contributed by atoms with Gasteiger partial charge in [-0.05, 0) is 44.5 Å². The van der Waals surface area contributed by atoms with Crippen molar-refractivity contribution in [2.24, 2.45) is 0 Å². The Bertz CT molecular complexity index is 694. The van der Waals surface area contributed by atoms with Gasteiger partial charge in [0.2, 0.25) is 5.91 Å². The van der Waals surface area contributed by atoms with Gasteiger partial charge in [0.15, 0.2) is 0 Å². The van der Waals surface area contributed by atoms with Crippen LogP contribution in [0.4, 0.5) is 5.69 Å². The van der Waals surface area contributed by atoms with Crippen LogP contribution in [0.2, 0.25) is 0 Å². The first-order valence-corrected chi connectivity index (χ1v) is 8.28. The van der Waals surface area contributed by atoms with Crippen LogP contribution in [0.5, 0.6) is 0 Å². The van der Waals surface area contributed by atoms with Crippen LogP contribution in [-0.4, -0.2) is 36.3 Å². The Morgan fingerprint density at radius 3 is 2.04 bits per heavy atom. The van der Waals surface area contributed by atoms with E-state index in [1.165, 1.54) is 0 Å². The first-order chi connectivity index (χ1) is 11.6. The van der Waals surface area contributed by atoms with Crippen LogP contribution in [0.3, 0.4) is 0 Å². The maximum Gasteiger partial charge on any atom is 0.258 e. The Morgan fingerprint density at radius 1 is 0.875 bits per heavy atom. The number of amides is 2. The fraction of sp³-hybridized carbons (Fsp3) is 0.300. The van der Waals surface area contributed by atoms with Crippen LogP contribution in [0, 0.1) is 6.92 Å². The predicted molar refractivity (Wildman–Crippen MR) is 97.2 cm³/mol. The van der Waals surface area contributed by atoms with E-state index in [1.807, 2.05) is 63.2 Å². The second-order valence-electron chi connectivity index (χ2n) is 5.61. The third kappa shape index (κ3) is 4.02. The number of para-hydroxylation sites is 1. The number of carbonyl (C=O) groups is 2. The lowest BCUT2D eigenvalue weighted by Crippen LogP contribution is -2.43. The van der Waals surface area contributed by atoms with E-state index < -0.39 is 0 Å². The van der Waals surface area contributed by atoms with E-state index in [2.05, 4.69) is 0 Å². The molecule has 2 amide bonds. The molecule has 0 aliphatic heterocycles. The second-order valence-corrected chi connectivity index (χ2v) is 5.61. The van der Waals surface area contributed by atoms with Gasteiger partial charge in [-0.1, -0.05) is 36.4 Å². The van der Waals surface area contributed by atoms with E-state index >= 15 is 0 Å². The van der Waals surface area contributed by atoms with Crippen LogP contribution in [0.25, 0.3) is 0 Å². The molecular formula is C20H24N2O2. The molecule has 2 rings (SSSR count). The molecule has 0 saturated heterocycles. The van der Waals surface area contributed by atoms with Crippen molar-refractivity contribution in [1.82, 2.24) is 4.90 Å². The topological polar surface area (TPSA) is 40.6 Å². The fourth-order valence-electron chi connectivity index (χ4n) is 2.68. The van der Waals surface area contributed by atoms with E-state index in [4.69, 9.17) is 0 Å². The van der Waals surface area contributed by atoms with Gasteiger partial charge in [0, 0.05) is 24.3 Å². The van der Waals surface area contributed by atoms with Crippen molar-refractivity contribution in [1.29, 1.82) is 0 Å². The summed E-state index contributed by atoms with van der Waals surface area (Å²) in [6, 6.07) is 16.7. The quantitative estimate of drug-likeness (QED) is 0.816. The molecule has 4 nitrogen and oxygen atoms in total. The third-order valence-electron chi connectivity index (χ3n) is 4.08. The van der Waals surface area contributed by atoms with Crippen LogP contribution in [0.15, 0.2) is 54.6 Å². The van der Waals surface area contributed by atoms with Crippen molar-refractivity contribution in [2.45, 2.75) is 20.8 Å². The number of rotatable bonds is 6. The minimum atomic E-state index is -0.162. The molecule has 2 aromatic rings. The molecule has 2 aromatic carbocycles. The smallest absolute Gasteiger partial charge is 0.258 e. The number of aryl methyl sites for hydroxylation is 1. The molecule has 0 atom stereocenters. The Morgan fingerprint density at radius 2 is 1.46 bits per heavy atom. The van der Waals surface area contributed by atoms with Gasteiger partial charge in [-0.2, -0.15) is 0 Å². The summed E-state index contributed by atoms with van der Waals surface area (Å²) < 4.78 is 0. The predicted octanol–water partition coefficient (Wildman–Crippen LogP) is 3.51. The molecule has 0 radical (unpaired) electrons. The molecule has 0 heterocycles. The SMILES string of the molecule is CCN(CC)C(=O)CN(C(=O)c1ccccc1)c1ccccc1C. The average Bonchev–Trinajstić information content (AvgIpc) is 2.61. The third-order valence-corrected chi connectivity index (χ3v) is 4.08. The van der Waals surface area contributed by atoms with Gasteiger partial charge in [0.05, 0.1) is 0 Å². The molecule has 0 aliphatic carbocycles. The zero-order valence-corrected chi connectivity index (χ0v) is 14.5. The summed E-state index contributed by atoms with van der Waals surface area (Å²) in [5, 5.41) is 0. The number of benzene rings is 2. The zero-order valence-electron chi connectivity index (χ0n) is 14.5. The highest BCUT2D eigenvalue weighted by molar-refractivity contribution is 6.09. The molecule has 4 heteroatoms. The maximum absolute atomic E-state index is 13.0. The molecule has 0 aliphatic rings. The van der Waals surface area contributed by atoms with E-state index in [-0.39, 0.29) is 18.4 Å². The van der Waals surface area contributed by atoms with Crippen LogP contribution < -0.4 is 4.90 Å². The zero-order chi connectivity index (χ0) is 17.5. The fourth-order valence-corrected chi connectivity index (χ4v) is 2.68. The standard InChI is InChI=1S/C20H24N2O2/c1-4-21(5-2)19(23)15-22(18-14-10-9-11-16(18)3)20(24)17-12-7-6-8-13-17/h6-14H,4-5,15H2,1-3H3. The van der Waals surface area contributed by atoms with E-state index in [0.29, 0.717) is 18.7 Å². The molecule has 0 spiro atoms. The largest absolute Gasteiger partial charge is 0.342 e. The molecular weight excluding hydrogens is 300 g/mol. The van der Waals surface area contributed by atoms with Crippen molar-refractivity contribution < 1.29 is 9.59 Å². The molecule has 0 saturated carbocycles. The minimum Gasteiger partial charge on any atom is -0.342 e. The highest BCUT2D eigenvalue weighted by Crippen LogP contribution is 2.22. The van der Waals surface area contributed by atoms with Crippen molar-refractivity contribution in [2.75, 3.05) is 24.5 Å². The minimum absolute atomic E-state index is 0.0419. The van der Waals surface area contributed by atoms with E-state index in [9.17, 15) is 9.59 Å². The van der Waals surface area contributed by atoms with Gasteiger partial charge in [-0.15, -0.1) is 0 Å². The summed E-state index contributed by atoms with van der Waals surface area (Å²) in [5.41, 5.74) is 2.31. The summed E-state index contributed by atoms with van der Waals surface area (Å²) in [6.07, 6.45) is 0. The number of nitrogens with zero attached hydrogens (tertiary/aromatic N) is 2. The lowest BCUT2D eigenvalue weighted by Gasteiger charge is -2.27. The summed E-state index contributed by atoms with van der Waals surface area (Å²) in [6.45, 7) is 7.15. The van der Waals surface area contributed by atoms with Gasteiger partial charge in [0.25, 0.3) is 5.91 Å². The molecule has 24 heavy (non-hydrogen) atoms. The molecule has 126 valence electrons. The van der Waals surface area contributed by atoms with E-state index in [1.54, 1.807) is 21.9 Å². The average molecular weight is 324 g/mol. The summed E-state index contributed by atoms with van der Waals surface area (Å²) in [4.78, 5) is 28.9. The summed E-state index contributed by atoms with van der Waals surface area (Å²) in [5.74, 6) is -0.210. The maximum atomic E-state index is 13.0. The molecule has 0 N–H and O–H groups in total. The Kier molecular flexibility index (Phi) is 6.13. The van der Waals surface area contributed by atoms with Gasteiger partial charge in [-0.3, -0.25) is 14.5 Å². The number of anilines is 1. The van der Waals surface area contributed by atoms with Gasteiger partial charge in [-0.25, -0.2) is 0 Å². The number of likely N-dealkylation sites (N-methyl/N-ethyl adjacent to an activating group) is 1. The monoisotopic (exact) mass is 324 g/mol. The van der Waals surface area contributed by atoms with Crippen molar-refractivity contribution >= 4 is 17.5 Å². The highest BCUT2D eigenvalue weighted by atomic mass is 16.2. The Hall–Kier alpha value is -2.62. The molecule has 0 fully saturated rings. The summed E-state index contributed by atoms with van der Waals surface area (Å²) >= 11 is 0. The highest BCUT2D eigenvalue weighted by Gasteiger charge is 2.23. The first-order valence-electron chi connectivity index (χ1n) is 8.28. The normalized spacial score (nSPS) is 10.3. The second kappa shape index (κ2) is 8.29. The molecule has 0 bridgehead atoms. The van der Waals surface area contributed by atoms with Crippen molar-refractivity contribution in [3.05, 3.63) is 65.7 Å². The lowest BCUT2D eigenvalue weighted by molar-refractivity contribution is -0.129. The van der Waals surface area contributed by atoms with Crippen LogP contribution in [0.1, 0.15) is 29.8 Å².